The molecule has 8 nitrogen and oxygen atoms in total. The van der Waals surface area contributed by atoms with Gasteiger partial charge in [0.15, 0.2) is 5.78 Å². The van der Waals surface area contributed by atoms with Crippen molar-refractivity contribution in [3.05, 3.63) is 72.1 Å². The molecule has 3 heterocycles. The van der Waals surface area contributed by atoms with E-state index < -0.39 is 6.04 Å². The SMILES string of the molecule is C=Cc1ccc(C(=O)NCCC(C)CC(=O)N2CCC3C2C(=O)CN3C(=O)Cc2cccnc2)cc1. The van der Waals surface area contributed by atoms with Crippen LogP contribution in [0, 0.1) is 5.92 Å². The van der Waals surface area contributed by atoms with E-state index in [2.05, 4.69) is 16.9 Å². The maximum Gasteiger partial charge on any atom is 0.251 e. The Labute approximate surface area is 211 Å². The molecule has 3 unspecified atom stereocenters. The van der Waals surface area contributed by atoms with Crippen LogP contribution in [-0.4, -0.2) is 70.0 Å². The van der Waals surface area contributed by atoms with Crippen molar-refractivity contribution in [3.8, 4) is 0 Å². The van der Waals surface area contributed by atoms with Crippen molar-refractivity contribution in [2.24, 2.45) is 5.92 Å². The van der Waals surface area contributed by atoms with Crippen molar-refractivity contribution in [1.82, 2.24) is 20.1 Å². The van der Waals surface area contributed by atoms with Crippen LogP contribution < -0.4 is 5.32 Å². The minimum atomic E-state index is -0.555. The predicted molar refractivity (Wildman–Crippen MR) is 136 cm³/mol. The fourth-order valence-electron chi connectivity index (χ4n) is 5.02. The van der Waals surface area contributed by atoms with Crippen molar-refractivity contribution in [1.29, 1.82) is 0 Å². The Morgan fingerprint density at radius 2 is 1.94 bits per heavy atom. The number of fused-ring (bicyclic) bond motifs is 1. The number of carbonyl (C=O) groups is 4. The number of hydrogen-bond donors (Lipinski definition) is 1. The van der Waals surface area contributed by atoms with E-state index in [1.807, 2.05) is 25.1 Å². The first-order valence-electron chi connectivity index (χ1n) is 12.4. The van der Waals surface area contributed by atoms with E-state index in [9.17, 15) is 19.2 Å². The Kier molecular flexibility index (Phi) is 7.93. The highest BCUT2D eigenvalue weighted by Crippen LogP contribution is 2.31. The van der Waals surface area contributed by atoms with Gasteiger partial charge in [-0.2, -0.15) is 0 Å². The van der Waals surface area contributed by atoms with Gasteiger partial charge < -0.3 is 15.1 Å². The number of carbonyl (C=O) groups excluding carboxylic acids is 4. The molecule has 0 spiro atoms. The number of likely N-dealkylation sites (tertiary alicyclic amines) is 2. The average Bonchev–Trinajstić information content (AvgIpc) is 3.46. The fourth-order valence-corrected chi connectivity index (χ4v) is 5.02. The molecule has 188 valence electrons. The Hall–Kier alpha value is -3.81. The number of nitrogens with zero attached hydrogens (tertiary/aromatic N) is 3. The first-order chi connectivity index (χ1) is 17.4. The molecule has 2 aliphatic heterocycles. The number of pyridine rings is 1. The third-order valence-electron chi connectivity index (χ3n) is 7.00. The second-order valence-corrected chi connectivity index (χ2v) is 9.59. The topological polar surface area (TPSA) is 99.7 Å². The highest BCUT2D eigenvalue weighted by atomic mass is 16.2. The summed E-state index contributed by atoms with van der Waals surface area (Å²) in [5.41, 5.74) is 2.33. The van der Waals surface area contributed by atoms with Gasteiger partial charge in [-0.3, -0.25) is 24.2 Å². The minimum Gasteiger partial charge on any atom is -0.352 e. The van der Waals surface area contributed by atoms with Gasteiger partial charge in [0.05, 0.1) is 19.0 Å². The smallest absolute Gasteiger partial charge is 0.251 e. The van der Waals surface area contributed by atoms with Crippen LogP contribution in [0.3, 0.4) is 0 Å². The van der Waals surface area contributed by atoms with Crippen LogP contribution in [-0.2, 0) is 20.8 Å². The van der Waals surface area contributed by atoms with Crippen molar-refractivity contribution in [3.63, 3.8) is 0 Å². The number of ketones is 1. The third-order valence-corrected chi connectivity index (χ3v) is 7.00. The quantitative estimate of drug-likeness (QED) is 0.585. The van der Waals surface area contributed by atoms with Crippen LogP contribution in [0.25, 0.3) is 6.08 Å². The Morgan fingerprint density at radius 3 is 2.64 bits per heavy atom. The fraction of sp³-hybridized carbons (Fsp3) is 0.393. The van der Waals surface area contributed by atoms with Crippen LogP contribution in [0.5, 0.6) is 0 Å². The lowest BCUT2D eigenvalue weighted by molar-refractivity contribution is -0.137. The number of rotatable bonds is 9. The van der Waals surface area contributed by atoms with Gasteiger partial charge in [0.2, 0.25) is 11.8 Å². The molecular weight excluding hydrogens is 456 g/mol. The number of amides is 3. The zero-order valence-corrected chi connectivity index (χ0v) is 20.6. The molecule has 1 aromatic heterocycles. The van der Waals surface area contributed by atoms with Crippen LogP contribution in [0.15, 0.2) is 55.4 Å². The molecule has 4 rings (SSSR count). The molecule has 1 aromatic carbocycles. The Morgan fingerprint density at radius 1 is 1.17 bits per heavy atom. The van der Waals surface area contributed by atoms with Gasteiger partial charge in [0.25, 0.3) is 5.91 Å². The van der Waals surface area contributed by atoms with E-state index in [1.54, 1.807) is 46.5 Å². The van der Waals surface area contributed by atoms with E-state index in [0.717, 1.165) is 11.1 Å². The van der Waals surface area contributed by atoms with E-state index in [4.69, 9.17) is 0 Å². The molecule has 36 heavy (non-hydrogen) atoms. The Balaban J connectivity index is 1.25. The molecule has 0 saturated carbocycles. The van der Waals surface area contributed by atoms with Gasteiger partial charge in [0, 0.05) is 37.5 Å². The zero-order chi connectivity index (χ0) is 25.7. The standard InChI is InChI=1S/C28H32N4O4/c1-3-20-6-8-22(9-7-20)28(36)30-13-10-19(2)15-25(34)31-14-11-23-27(31)24(33)18-32(23)26(35)16-21-5-4-12-29-17-21/h3-9,12,17,19,23,27H,1,10-11,13-16,18H2,2H3,(H,30,36). The van der Waals surface area contributed by atoms with Crippen molar-refractivity contribution < 1.29 is 19.2 Å². The molecule has 3 atom stereocenters. The summed E-state index contributed by atoms with van der Waals surface area (Å²) in [5, 5.41) is 2.90. The summed E-state index contributed by atoms with van der Waals surface area (Å²) in [6.45, 7) is 6.65. The average molecular weight is 489 g/mol. The van der Waals surface area contributed by atoms with Gasteiger partial charge in [-0.05, 0) is 48.1 Å². The number of Topliss-reactive ketones (excluding diaryl/α,β-unsaturated/α-hetero) is 1. The molecule has 2 aliphatic rings. The molecule has 0 bridgehead atoms. The third kappa shape index (κ3) is 5.70. The summed E-state index contributed by atoms with van der Waals surface area (Å²) in [6.07, 6.45) is 6.77. The number of benzene rings is 1. The molecule has 0 aliphatic carbocycles. The highest BCUT2D eigenvalue weighted by molar-refractivity contribution is 5.98. The maximum atomic E-state index is 13.1. The van der Waals surface area contributed by atoms with Gasteiger partial charge in [-0.15, -0.1) is 0 Å². The molecule has 2 aromatic rings. The summed E-state index contributed by atoms with van der Waals surface area (Å²) >= 11 is 0. The lowest BCUT2D eigenvalue weighted by Crippen LogP contribution is -2.44. The minimum absolute atomic E-state index is 0.0415. The molecular formula is C28H32N4O4. The lowest BCUT2D eigenvalue weighted by Gasteiger charge is -2.25. The van der Waals surface area contributed by atoms with Gasteiger partial charge in [0.1, 0.15) is 6.04 Å². The van der Waals surface area contributed by atoms with Crippen molar-refractivity contribution in [2.75, 3.05) is 19.6 Å². The largest absolute Gasteiger partial charge is 0.352 e. The van der Waals surface area contributed by atoms with Crippen LogP contribution in [0.1, 0.15) is 47.7 Å². The summed E-state index contributed by atoms with van der Waals surface area (Å²) in [6, 6.07) is 10.00. The number of aromatic nitrogens is 1. The van der Waals surface area contributed by atoms with Crippen LogP contribution in [0.4, 0.5) is 0 Å². The van der Waals surface area contributed by atoms with Gasteiger partial charge >= 0.3 is 0 Å². The summed E-state index contributed by atoms with van der Waals surface area (Å²) < 4.78 is 0. The van der Waals surface area contributed by atoms with Gasteiger partial charge in [-0.1, -0.05) is 37.8 Å². The zero-order valence-electron chi connectivity index (χ0n) is 20.6. The van der Waals surface area contributed by atoms with E-state index >= 15 is 0 Å². The molecule has 2 fully saturated rings. The second-order valence-electron chi connectivity index (χ2n) is 9.59. The normalized spacial score (nSPS) is 19.6. The summed E-state index contributed by atoms with van der Waals surface area (Å²) in [7, 11) is 0. The highest BCUT2D eigenvalue weighted by Gasteiger charge is 2.51. The van der Waals surface area contributed by atoms with Gasteiger partial charge in [-0.25, -0.2) is 0 Å². The molecule has 0 radical (unpaired) electrons. The monoisotopic (exact) mass is 488 g/mol. The molecule has 8 heteroatoms. The summed E-state index contributed by atoms with van der Waals surface area (Å²) in [4.78, 5) is 58.4. The van der Waals surface area contributed by atoms with Crippen molar-refractivity contribution >= 4 is 29.6 Å². The lowest BCUT2D eigenvalue weighted by atomic mass is 10.0. The maximum absolute atomic E-state index is 13.1. The first kappa shape index (κ1) is 25.3. The second kappa shape index (κ2) is 11.3. The van der Waals surface area contributed by atoms with E-state index in [0.29, 0.717) is 37.9 Å². The van der Waals surface area contributed by atoms with E-state index in [1.165, 1.54) is 0 Å². The number of hydrogen-bond acceptors (Lipinski definition) is 5. The van der Waals surface area contributed by atoms with Crippen molar-refractivity contribution in [2.45, 2.75) is 44.7 Å². The van der Waals surface area contributed by atoms with E-state index in [-0.39, 0.29) is 48.4 Å². The summed E-state index contributed by atoms with van der Waals surface area (Å²) in [5.74, 6) is -0.371. The van der Waals surface area contributed by atoms with Crippen LogP contribution >= 0.6 is 0 Å². The predicted octanol–water partition coefficient (Wildman–Crippen LogP) is 2.49. The van der Waals surface area contributed by atoms with Crippen LogP contribution in [0.2, 0.25) is 0 Å². The molecule has 1 N–H and O–H groups in total. The first-order valence-corrected chi connectivity index (χ1v) is 12.4. The number of nitrogens with one attached hydrogen (secondary N) is 1. The Bertz CT molecular complexity index is 1130. The molecule has 3 amide bonds. The molecule has 2 saturated heterocycles.